The number of rotatable bonds is 6. The molecule has 3 aromatic rings. The third-order valence-corrected chi connectivity index (χ3v) is 5.01. The Morgan fingerprint density at radius 2 is 1.97 bits per heavy atom. The Bertz CT molecular complexity index is 1170. The van der Waals surface area contributed by atoms with Crippen LogP contribution in [-0.4, -0.2) is 21.9 Å². The molecule has 1 aromatic carbocycles. The first kappa shape index (κ1) is 20.8. The number of benzene rings is 1. The molecule has 9 nitrogen and oxygen atoms in total. The Labute approximate surface area is 177 Å². The van der Waals surface area contributed by atoms with Gasteiger partial charge in [0.1, 0.15) is 28.5 Å². The fraction of sp³-hybridized carbons (Fsp3) is 0.200. The smallest absolute Gasteiger partial charge is 0.320 e. The summed E-state index contributed by atoms with van der Waals surface area (Å²) in [5, 5.41) is 35.5. The highest BCUT2D eigenvalue weighted by Crippen LogP contribution is 2.35. The van der Waals surface area contributed by atoms with E-state index in [0.29, 0.717) is 11.1 Å². The van der Waals surface area contributed by atoms with Gasteiger partial charge in [0.05, 0.1) is 5.56 Å². The van der Waals surface area contributed by atoms with Gasteiger partial charge in [-0.25, -0.2) is 9.98 Å². The molecule has 0 bridgehead atoms. The van der Waals surface area contributed by atoms with E-state index in [1.165, 1.54) is 6.20 Å². The zero-order valence-corrected chi connectivity index (χ0v) is 17.1. The minimum atomic E-state index is -0.484. The summed E-state index contributed by atoms with van der Waals surface area (Å²) in [4.78, 5) is 8.03. The summed E-state index contributed by atoms with van der Waals surface area (Å²) in [6.07, 6.45) is 1.53. The predicted molar refractivity (Wildman–Crippen MR) is 108 cm³/mol. The van der Waals surface area contributed by atoms with E-state index in [9.17, 15) is 15.6 Å². The van der Waals surface area contributed by atoms with Crippen LogP contribution in [0.25, 0.3) is 11.1 Å². The quantitative estimate of drug-likeness (QED) is 0.276. The van der Waals surface area contributed by atoms with Crippen LogP contribution in [0, 0.1) is 22.7 Å². The largest absolute Gasteiger partial charge is 0.861 e. The molecule has 0 aliphatic carbocycles. The van der Waals surface area contributed by atoms with Gasteiger partial charge in [0.2, 0.25) is 5.27 Å². The highest BCUT2D eigenvalue weighted by Gasteiger charge is 2.20. The molecule has 0 aliphatic heterocycles. The molecule has 0 saturated carbocycles. The number of hydrogen-bond donors (Lipinski definition) is 1. The normalized spacial score (nSPS) is 11.3. The molecule has 0 aliphatic rings. The number of thioether (sulfide) groups is 1. The van der Waals surface area contributed by atoms with Gasteiger partial charge in [-0.05, 0) is 30.0 Å². The average Bonchev–Trinajstić information content (AvgIpc) is 3.21. The number of pyridine rings is 1. The molecule has 0 atom stereocenters. The molecule has 2 N–H and O–H groups in total. The van der Waals surface area contributed by atoms with E-state index in [0.717, 1.165) is 11.8 Å². The van der Waals surface area contributed by atoms with E-state index >= 15 is 0 Å². The Hall–Kier alpha value is -3.89. The van der Waals surface area contributed by atoms with E-state index in [1.807, 2.05) is 26.0 Å². The number of anilines is 1. The lowest BCUT2D eigenvalue weighted by Crippen LogP contribution is -2.36. The average molecular weight is 419 g/mol. The van der Waals surface area contributed by atoms with Gasteiger partial charge in [-0.2, -0.15) is 10.5 Å². The number of aromatic nitrogens is 3. The second-order valence-electron chi connectivity index (χ2n) is 6.43. The minimum absolute atomic E-state index is 0.00421. The molecular weight excluding hydrogens is 402 g/mol. The fourth-order valence-electron chi connectivity index (χ4n) is 2.62. The number of nitriles is 2. The summed E-state index contributed by atoms with van der Waals surface area (Å²) >= 11 is 1.02. The van der Waals surface area contributed by atoms with E-state index in [-0.39, 0.29) is 39.6 Å². The van der Waals surface area contributed by atoms with E-state index in [1.54, 1.807) is 28.9 Å². The molecule has 10 heteroatoms. The van der Waals surface area contributed by atoms with E-state index < -0.39 is 5.90 Å². The van der Waals surface area contributed by atoms with Gasteiger partial charge < -0.3 is 10.8 Å². The molecule has 0 unspecified atom stereocenters. The van der Waals surface area contributed by atoms with Crippen molar-refractivity contribution in [2.24, 2.45) is 4.99 Å². The van der Waals surface area contributed by atoms with Crippen LogP contribution in [0.5, 0.6) is 0 Å². The Kier molecular flexibility index (Phi) is 6.30. The molecule has 2 aromatic heterocycles. The lowest BCUT2D eigenvalue weighted by Gasteiger charge is -2.14. The molecule has 30 heavy (non-hydrogen) atoms. The first-order valence-electron chi connectivity index (χ1n) is 8.89. The van der Waals surface area contributed by atoms with Crippen LogP contribution in [0.1, 0.15) is 31.0 Å². The SMILES string of the molecule is CC(C)[n+]1cc(/N=C(\[O-])CSc2nc(N)c(C#N)c(-c3ccccc3)c2C#N)on1. The van der Waals surface area contributed by atoms with Crippen molar-refractivity contribution in [3.05, 3.63) is 47.7 Å². The minimum Gasteiger partial charge on any atom is -0.861 e. The topological polar surface area (TPSA) is 152 Å². The van der Waals surface area contributed by atoms with Gasteiger partial charge in [0.15, 0.2) is 6.04 Å². The van der Waals surface area contributed by atoms with Crippen molar-refractivity contribution in [1.82, 2.24) is 10.3 Å². The van der Waals surface area contributed by atoms with Crippen LogP contribution in [0.3, 0.4) is 0 Å². The standard InChI is InChI=1S/C20H17N7O2S/c1-12(2)27-10-17(29-26-27)24-16(28)11-30-20-15(9-22)18(13-6-4-3-5-7-13)14(8-21)19(23)25-20/h3-7,10,12H,11H2,1-2H3,(H2-,23,24,25,26,28). The second-order valence-corrected chi connectivity index (χ2v) is 7.39. The lowest BCUT2D eigenvalue weighted by atomic mass is 9.97. The summed E-state index contributed by atoms with van der Waals surface area (Å²) in [6.45, 7) is 3.83. The molecule has 0 fully saturated rings. The Morgan fingerprint density at radius 3 is 2.57 bits per heavy atom. The van der Waals surface area contributed by atoms with Crippen LogP contribution in [0.4, 0.5) is 11.7 Å². The third-order valence-electron chi connectivity index (χ3n) is 4.05. The van der Waals surface area contributed by atoms with Crippen LogP contribution in [0.15, 0.2) is 51.1 Å². The molecule has 0 radical (unpaired) electrons. The summed E-state index contributed by atoms with van der Waals surface area (Å²) in [5.74, 6) is -0.492. The van der Waals surface area contributed by atoms with Gasteiger partial charge in [-0.3, -0.25) is 4.52 Å². The monoisotopic (exact) mass is 419 g/mol. The molecular formula is C20H17N7O2S. The maximum absolute atomic E-state index is 12.2. The van der Waals surface area contributed by atoms with Crippen LogP contribution in [0.2, 0.25) is 0 Å². The third kappa shape index (κ3) is 4.40. The van der Waals surface area contributed by atoms with Gasteiger partial charge in [0.25, 0.3) is 6.20 Å². The lowest BCUT2D eigenvalue weighted by molar-refractivity contribution is -0.779. The first-order valence-corrected chi connectivity index (χ1v) is 9.87. The van der Waals surface area contributed by atoms with Gasteiger partial charge in [0, 0.05) is 11.3 Å². The zero-order chi connectivity index (χ0) is 21.7. The summed E-state index contributed by atoms with van der Waals surface area (Å²) in [5.41, 5.74) is 7.33. The first-order chi connectivity index (χ1) is 14.4. The summed E-state index contributed by atoms with van der Waals surface area (Å²) in [6, 6.07) is 13.2. The van der Waals surface area contributed by atoms with Crippen molar-refractivity contribution in [2.45, 2.75) is 24.9 Å². The number of aliphatic imine (C=N–C) groups is 1. The van der Waals surface area contributed by atoms with Crippen molar-refractivity contribution in [1.29, 1.82) is 10.5 Å². The second kappa shape index (κ2) is 9.07. The molecule has 0 spiro atoms. The molecule has 2 heterocycles. The van der Waals surface area contributed by atoms with Crippen LogP contribution in [-0.2, 0) is 0 Å². The van der Waals surface area contributed by atoms with Gasteiger partial charge in [-0.1, -0.05) is 42.1 Å². The van der Waals surface area contributed by atoms with E-state index in [4.69, 9.17) is 10.3 Å². The maximum atomic E-state index is 12.2. The van der Waals surface area contributed by atoms with E-state index in [2.05, 4.69) is 21.3 Å². The highest BCUT2D eigenvalue weighted by atomic mass is 32.2. The number of nitrogens with zero attached hydrogens (tertiary/aromatic N) is 6. The summed E-state index contributed by atoms with van der Waals surface area (Å²) < 4.78 is 6.56. The van der Waals surface area contributed by atoms with Crippen LogP contribution >= 0.6 is 11.8 Å². The van der Waals surface area contributed by atoms with Crippen molar-refractivity contribution in [3.8, 4) is 23.3 Å². The molecule has 150 valence electrons. The highest BCUT2D eigenvalue weighted by molar-refractivity contribution is 8.00. The molecule has 0 saturated heterocycles. The molecule has 0 amide bonds. The Morgan fingerprint density at radius 1 is 1.27 bits per heavy atom. The van der Waals surface area contributed by atoms with Crippen molar-refractivity contribution >= 4 is 29.4 Å². The Balaban J connectivity index is 1.93. The fourth-order valence-corrected chi connectivity index (χ4v) is 3.40. The van der Waals surface area contributed by atoms with Crippen LogP contribution < -0.4 is 15.5 Å². The number of hydrogen-bond acceptors (Lipinski definition) is 9. The van der Waals surface area contributed by atoms with Crippen molar-refractivity contribution in [3.63, 3.8) is 0 Å². The zero-order valence-electron chi connectivity index (χ0n) is 16.2. The van der Waals surface area contributed by atoms with Crippen molar-refractivity contribution in [2.75, 3.05) is 11.5 Å². The maximum Gasteiger partial charge on any atom is 0.320 e. The summed E-state index contributed by atoms with van der Waals surface area (Å²) in [7, 11) is 0. The van der Waals surface area contributed by atoms with Gasteiger partial charge >= 0.3 is 5.88 Å². The van der Waals surface area contributed by atoms with Crippen molar-refractivity contribution < 1.29 is 14.3 Å². The number of nitrogens with two attached hydrogens (primary N) is 1. The number of nitrogen functional groups attached to an aromatic ring is 1. The predicted octanol–water partition coefficient (Wildman–Crippen LogP) is 2.11. The van der Waals surface area contributed by atoms with Gasteiger partial charge in [-0.15, -0.1) is 0 Å². The molecule has 3 rings (SSSR count).